The second-order valence-electron chi connectivity index (χ2n) is 4.39. The first kappa shape index (κ1) is 13.6. The lowest BCUT2D eigenvalue weighted by atomic mass is 10.1. The van der Waals surface area contributed by atoms with Gasteiger partial charge in [-0.05, 0) is 38.5 Å². The molecule has 1 heterocycles. The van der Waals surface area contributed by atoms with E-state index in [1.807, 2.05) is 43.7 Å². The molecule has 2 aromatic rings. The van der Waals surface area contributed by atoms with Gasteiger partial charge in [-0.25, -0.2) is 4.68 Å². The number of nitrogens with two attached hydrogens (primary N) is 1. The standard InChI is InChI=1S/C13H15BrClN3/c1-7(16)11-5-4-10(6-12(11)14)18-9(3)13(15)8(2)17-18/h4-7H,16H2,1-3H3/t7-/m1/s1. The van der Waals surface area contributed by atoms with Gasteiger partial charge in [0.2, 0.25) is 0 Å². The zero-order chi connectivity index (χ0) is 13.4. The number of nitrogens with zero attached hydrogens (tertiary/aromatic N) is 2. The van der Waals surface area contributed by atoms with Gasteiger partial charge >= 0.3 is 0 Å². The SMILES string of the molecule is Cc1nn(-c2ccc([C@@H](C)N)c(Br)c2)c(C)c1Cl. The predicted molar refractivity (Wildman–Crippen MR) is 78.4 cm³/mol. The molecule has 96 valence electrons. The Balaban J connectivity index is 2.52. The second-order valence-corrected chi connectivity index (χ2v) is 5.62. The molecule has 0 saturated carbocycles. The van der Waals surface area contributed by atoms with Crippen LogP contribution < -0.4 is 5.73 Å². The number of benzene rings is 1. The van der Waals surface area contributed by atoms with Crippen LogP contribution in [0.1, 0.15) is 29.9 Å². The Morgan fingerprint density at radius 3 is 2.50 bits per heavy atom. The Bertz CT molecular complexity index is 590. The molecular weight excluding hydrogens is 314 g/mol. The minimum absolute atomic E-state index is 0.00234. The van der Waals surface area contributed by atoms with E-state index in [2.05, 4.69) is 21.0 Å². The molecule has 0 spiro atoms. The van der Waals surface area contributed by atoms with Gasteiger partial charge in [0.05, 0.1) is 22.1 Å². The third kappa shape index (κ3) is 2.32. The van der Waals surface area contributed by atoms with Crippen molar-refractivity contribution in [1.29, 1.82) is 0 Å². The summed E-state index contributed by atoms with van der Waals surface area (Å²) in [7, 11) is 0. The van der Waals surface area contributed by atoms with Crippen molar-refractivity contribution < 1.29 is 0 Å². The van der Waals surface area contributed by atoms with Crippen molar-refractivity contribution in [2.75, 3.05) is 0 Å². The number of halogens is 2. The smallest absolute Gasteiger partial charge is 0.0848 e. The van der Waals surface area contributed by atoms with Crippen molar-refractivity contribution in [1.82, 2.24) is 9.78 Å². The average molecular weight is 329 g/mol. The Labute approximate surface area is 120 Å². The number of rotatable bonds is 2. The molecule has 0 amide bonds. The summed E-state index contributed by atoms with van der Waals surface area (Å²) in [6.45, 7) is 5.81. The van der Waals surface area contributed by atoms with E-state index in [1.165, 1.54) is 0 Å². The van der Waals surface area contributed by atoms with Crippen LogP contribution in [0.4, 0.5) is 0 Å². The third-order valence-electron chi connectivity index (χ3n) is 2.92. The van der Waals surface area contributed by atoms with Crippen molar-refractivity contribution >= 4 is 27.5 Å². The molecule has 3 nitrogen and oxygen atoms in total. The average Bonchev–Trinajstić information content (AvgIpc) is 2.56. The Kier molecular flexibility index (Phi) is 3.80. The lowest BCUT2D eigenvalue weighted by Gasteiger charge is -2.11. The molecule has 1 aromatic carbocycles. The molecule has 1 atom stereocenters. The monoisotopic (exact) mass is 327 g/mol. The molecule has 0 radical (unpaired) electrons. The van der Waals surface area contributed by atoms with Crippen LogP contribution in [0.5, 0.6) is 0 Å². The van der Waals surface area contributed by atoms with Crippen LogP contribution in [0.15, 0.2) is 22.7 Å². The Hall–Kier alpha value is -0.840. The van der Waals surface area contributed by atoms with E-state index in [0.29, 0.717) is 5.02 Å². The van der Waals surface area contributed by atoms with Gasteiger partial charge < -0.3 is 5.73 Å². The van der Waals surface area contributed by atoms with E-state index in [1.54, 1.807) is 0 Å². The van der Waals surface area contributed by atoms with Gasteiger partial charge in [-0.1, -0.05) is 33.6 Å². The van der Waals surface area contributed by atoms with E-state index in [9.17, 15) is 0 Å². The minimum atomic E-state index is -0.00234. The lowest BCUT2D eigenvalue weighted by Crippen LogP contribution is -2.07. The maximum atomic E-state index is 6.15. The van der Waals surface area contributed by atoms with Gasteiger partial charge in [0.1, 0.15) is 0 Å². The number of hydrogen-bond acceptors (Lipinski definition) is 2. The van der Waals surface area contributed by atoms with Crippen LogP contribution in [0.3, 0.4) is 0 Å². The highest BCUT2D eigenvalue weighted by Gasteiger charge is 2.12. The fourth-order valence-corrected chi connectivity index (χ4v) is 2.74. The molecule has 0 unspecified atom stereocenters. The normalized spacial score (nSPS) is 12.8. The molecule has 0 fully saturated rings. The summed E-state index contributed by atoms with van der Waals surface area (Å²) < 4.78 is 2.83. The van der Waals surface area contributed by atoms with E-state index in [0.717, 1.165) is 27.1 Å². The minimum Gasteiger partial charge on any atom is -0.324 e. The molecular formula is C13H15BrClN3. The molecule has 0 aliphatic heterocycles. The Morgan fingerprint density at radius 1 is 1.39 bits per heavy atom. The topological polar surface area (TPSA) is 43.8 Å². The predicted octanol–water partition coefficient (Wildman–Crippen LogP) is 3.92. The molecule has 0 bridgehead atoms. The van der Waals surface area contributed by atoms with Gasteiger partial charge in [0.25, 0.3) is 0 Å². The molecule has 0 aliphatic rings. The summed E-state index contributed by atoms with van der Waals surface area (Å²) in [5, 5.41) is 5.14. The summed E-state index contributed by atoms with van der Waals surface area (Å²) in [4.78, 5) is 0. The van der Waals surface area contributed by atoms with Gasteiger partial charge in [-0.15, -0.1) is 0 Å². The number of hydrogen-bond donors (Lipinski definition) is 1. The summed E-state index contributed by atoms with van der Waals surface area (Å²) in [6, 6.07) is 6.01. The van der Waals surface area contributed by atoms with E-state index in [-0.39, 0.29) is 6.04 Å². The molecule has 2 rings (SSSR count). The quantitative estimate of drug-likeness (QED) is 0.908. The summed E-state index contributed by atoms with van der Waals surface area (Å²) in [5.74, 6) is 0. The highest BCUT2D eigenvalue weighted by Crippen LogP contribution is 2.27. The maximum absolute atomic E-state index is 6.15. The zero-order valence-electron chi connectivity index (χ0n) is 10.5. The van der Waals surface area contributed by atoms with Crippen LogP contribution in [0.2, 0.25) is 5.02 Å². The van der Waals surface area contributed by atoms with Gasteiger partial charge in [-0.3, -0.25) is 0 Å². The van der Waals surface area contributed by atoms with Crippen LogP contribution >= 0.6 is 27.5 Å². The summed E-state index contributed by atoms with van der Waals surface area (Å²) in [6.07, 6.45) is 0. The first-order chi connectivity index (χ1) is 8.41. The van der Waals surface area contributed by atoms with Crippen LogP contribution in [-0.2, 0) is 0 Å². The van der Waals surface area contributed by atoms with Crippen molar-refractivity contribution in [3.8, 4) is 5.69 Å². The van der Waals surface area contributed by atoms with E-state index >= 15 is 0 Å². The van der Waals surface area contributed by atoms with Gasteiger partial charge in [0, 0.05) is 10.5 Å². The number of aryl methyl sites for hydroxylation is 1. The van der Waals surface area contributed by atoms with E-state index < -0.39 is 0 Å². The van der Waals surface area contributed by atoms with Gasteiger partial charge in [-0.2, -0.15) is 5.10 Å². The van der Waals surface area contributed by atoms with Gasteiger partial charge in [0.15, 0.2) is 0 Å². The lowest BCUT2D eigenvalue weighted by molar-refractivity contribution is 0.803. The van der Waals surface area contributed by atoms with Crippen LogP contribution in [0, 0.1) is 13.8 Å². The largest absolute Gasteiger partial charge is 0.324 e. The fourth-order valence-electron chi connectivity index (χ4n) is 1.89. The third-order valence-corrected chi connectivity index (χ3v) is 4.16. The first-order valence-electron chi connectivity index (χ1n) is 5.69. The fraction of sp³-hybridized carbons (Fsp3) is 0.308. The van der Waals surface area contributed by atoms with Crippen molar-refractivity contribution in [3.05, 3.63) is 44.6 Å². The highest BCUT2D eigenvalue weighted by molar-refractivity contribution is 9.10. The first-order valence-corrected chi connectivity index (χ1v) is 6.86. The molecule has 1 aromatic heterocycles. The summed E-state index contributed by atoms with van der Waals surface area (Å²) in [5.41, 5.74) is 9.71. The summed E-state index contributed by atoms with van der Waals surface area (Å²) >= 11 is 9.70. The molecule has 0 saturated heterocycles. The van der Waals surface area contributed by atoms with Crippen LogP contribution in [0.25, 0.3) is 5.69 Å². The highest BCUT2D eigenvalue weighted by atomic mass is 79.9. The Morgan fingerprint density at radius 2 is 2.06 bits per heavy atom. The van der Waals surface area contributed by atoms with E-state index in [4.69, 9.17) is 17.3 Å². The van der Waals surface area contributed by atoms with Crippen molar-refractivity contribution in [2.24, 2.45) is 5.73 Å². The zero-order valence-corrected chi connectivity index (χ0v) is 12.9. The number of aromatic nitrogens is 2. The molecule has 18 heavy (non-hydrogen) atoms. The molecule has 0 aliphatic carbocycles. The molecule has 5 heteroatoms. The maximum Gasteiger partial charge on any atom is 0.0848 e. The molecule has 2 N–H and O–H groups in total. The second kappa shape index (κ2) is 5.03. The van der Waals surface area contributed by atoms with Crippen molar-refractivity contribution in [3.63, 3.8) is 0 Å². The van der Waals surface area contributed by atoms with Crippen LogP contribution in [-0.4, -0.2) is 9.78 Å². The van der Waals surface area contributed by atoms with Crippen molar-refractivity contribution in [2.45, 2.75) is 26.8 Å².